The number of benzene rings is 2. The zero-order valence-corrected chi connectivity index (χ0v) is 29.8. The summed E-state index contributed by atoms with van der Waals surface area (Å²) >= 11 is 27.8. The standard InChI is InChI=1S/C25H29Br7/c1-16-10-12-20(18(3)14-16)8-6-5-7-9-22(26)24(29,30)25(31,32)23(27,28)21-13-11-17(2)15-19(21)4/h10-15,22H,5-9H2,1-4H3. The first-order valence-electron chi connectivity index (χ1n) is 10.6. The van der Waals surface area contributed by atoms with E-state index in [1.807, 2.05) is 0 Å². The fourth-order valence-corrected chi connectivity index (χ4v) is 9.76. The van der Waals surface area contributed by atoms with Crippen LogP contribution in [0.1, 0.15) is 59.1 Å². The molecule has 0 saturated carbocycles. The Morgan fingerprint density at radius 3 is 1.84 bits per heavy atom. The van der Waals surface area contributed by atoms with Gasteiger partial charge in [0.05, 0.1) is 0 Å². The fraction of sp³-hybridized carbons (Fsp3) is 0.520. The van der Waals surface area contributed by atoms with Crippen LogP contribution in [0.15, 0.2) is 36.4 Å². The predicted octanol–water partition coefficient (Wildman–Crippen LogP) is 11.4. The quantitative estimate of drug-likeness (QED) is 0.165. The molecule has 1 atom stereocenters. The van der Waals surface area contributed by atoms with Crippen molar-refractivity contribution in [1.82, 2.24) is 0 Å². The van der Waals surface area contributed by atoms with Gasteiger partial charge in [-0.3, -0.25) is 0 Å². The van der Waals surface area contributed by atoms with Gasteiger partial charge in [-0.15, -0.1) is 0 Å². The maximum absolute atomic E-state index is 3.98. The van der Waals surface area contributed by atoms with Crippen LogP contribution in [0.25, 0.3) is 0 Å². The lowest BCUT2D eigenvalue weighted by molar-refractivity contribution is 0.585. The Labute approximate surface area is 252 Å². The minimum atomic E-state index is -0.590. The summed E-state index contributed by atoms with van der Waals surface area (Å²) in [6.45, 7) is 8.63. The molecule has 0 heterocycles. The van der Waals surface area contributed by atoms with Crippen LogP contribution < -0.4 is 0 Å². The molecule has 0 aliphatic rings. The van der Waals surface area contributed by atoms with E-state index in [4.69, 9.17) is 0 Å². The summed E-state index contributed by atoms with van der Waals surface area (Å²) in [6, 6.07) is 13.3. The highest BCUT2D eigenvalue weighted by atomic mass is 79.9. The molecule has 0 fully saturated rings. The highest BCUT2D eigenvalue weighted by Gasteiger charge is 2.60. The van der Waals surface area contributed by atoms with E-state index in [9.17, 15) is 0 Å². The van der Waals surface area contributed by atoms with Gasteiger partial charge in [0.25, 0.3) is 0 Å². The summed E-state index contributed by atoms with van der Waals surface area (Å²) < 4.78 is -1.63. The van der Waals surface area contributed by atoms with Gasteiger partial charge in [-0.2, -0.15) is 0 Å². The van der Waals surface area contributed by atoms with E-state index in [1.54, 1.807) is 0 Å². The normalized spacial score (nSPS) is 14.0. The van der Waals surface area contributed by atoms with Crippen LogP contribution in [0.4, 0.5) is 0 Å². The van der Waals surface area contributed by atoms with Gasteiger partial charge < -0.3 is 0 Å². The molecule has 0 aliphatic heterocycles. The van der Waals surface area contributed by atoms with E-state index in [0.717, 1.165) is 24.8 Å². The van der Waals surface area contributed by atoms with Gasteiger partial charge in [-0.25, -0.2) is 0 Å². The number of alkyl halides is 7. The van der Waals surface area contributed by atoms with E-state index < -0.39 is 9.70 Å². The molecule has 0 amide bonds. The topological polar surface area (TPSA) is 0 Å². The van der Waals surface area contributed by atoms with Gasteiger partial charge in [0.15, 0.2) is 0 Å². The summed E-state index contributed by atoms with van der Waals surface area (Å²) in [5.74, 6) is 0. The Morgan fingerprint density at radius 2 is 1.28 bits per heavy atom. The molecule has 0 N–H and O–H groups in total. The lowest BCUT2D eigenvalue weighted by atomic mass is 9.97. The van der Waals surface area contributed by atoms with Crippen molar-refractivity contribution in [3.63, 3.8) is 0 Å². The summed E-state index contributed by atoms with van der Waals surface area (Å²) in [5, 5.41) is 0. The Balaban J connectivity index is 2.00. The Hall–Kier alpha value is 1.80. The van der Waals surface area contributed by atoms with Crippen LogP contribution in [0, 0.1) is 27.7 Å². The Kier molecular flexibility index (Phi) is 11.6. The van der Waals surface area contributed by atoms with Crippen LogP contribution in [0.3, 0.4) is 0 Å². The third-order valence-corrected chi connectivity index (χ3v) is 19.2. The molecule has 0 saturated heterocycles. The Bertz CT molecular complexity index is 919. The van der Waals surface area contributed by atoms with E-state index in [0.29, 0.717) is 0 Å². The highest BCUT2D eigenvalue weighted by Crippen LogP contribution is 2.66. The molecular formula is C25H29Br7. The fourth-order valence-electron chi connectivity index (χ4n) is 3.86. The highest BCUT2D eigenvalue weighted by molar-refractivity contribution is 9.33. The minimum absolute atomic E-state index is 0.176. The van der Waals surface area contributed by atoms with Gasteiger partial charge in [-0.05, 0) is 69.2 Å². The van der Waals surface area contributed by atoms with E-state index in [1.165, 1.54) is 40.7 Å². The first-order valence-corrected chi connectivity index (χ1v) is 16.3. The summed E-state index contributed by atoms with van der Waals surface area (Å²) in [6.07, 6.45) is 5.74. The second-order valence-electron chi connectivity index (χ2n) is 8.59. The third-order valence-electron chi connectivity index (χ3n) is 5.83. The average Bonchev–Trinajstić information content (AvgIpc) is 2.68. The zero-order valence-electron chi connectivity index (χ0n) is 18.7. The maximum atomic E-state index is 3.98. The van der Waals surface area contributed by atoms with E-state index >= 15 is 0 Å². The smallest absolute Gasteiger partial charge is 0.0865 e. The molecule has 0 aliphatic carbocycles. The van der Waals surface area contributed by atoms with E-state index in [2.05, 4.69) is 176 Å². The molecular weight excluding hydrogens is 860 g/mol. The summed E-state index contributed by atoms with van der Waals surface area (Å²) in [4.78, 5) is 0.176. The third kappa shape index (κ3) is 6.97. The van der Waals surface area contributed by atoms with Gasteiger partial charge in [0.2, 0.25) is 0 Å². The van der Waals surface area contributed by atoms with Crippen molar-refractivity contribution < 1.29 is 0 Å². The molecule has 0 bridgehead atoms. The first kappa shape index (κ1) is 30.0. The summed E-state index contributed by atoms with van der Waals surface area (Å²) in [7, 11) is 0. The predicted molar refractivity (Wildman–Crippen MR) is 167 cm³/mol. The van der Waals surface area contributed by atoms with Gasteiger partial charge in [0, 0.05) is 4.83 Å². The number of aryl methyl sites for hydroxylation is 5. The van der Waals surface area contributed by atoms with Crippen molar-refractivity contribution in [1.29, 1.82) is 0 Å². The van der Waals surface area contributed by atoms with E-state index in [-0.39, 0.29) is 4.83 Å². The lowest BCUT2D eigenvalue weighted by Crippen LogP contribution is -2.50. The average molecular weight is 889 g/mol. The van der Waals surface area contributed by atoms with Crippen LogP contribution in [-0.4, -0.2) is 11.3 Å². The molecule has 7 heteroatoms. The number of unbranched alkanes of at least 4 members (excludes halogenated alkanes) is 2. The van der Waals surface area contributed by atoms with Crippen molar-refractivity contribution >= 4 is 112 Å². The lowest BCUT2D eigenvalue weighted by Gasteiger charge is -2.46. The van der Waals surface area contributed by atoms with Crippen molar-refractivity contribution in [2.75, 3.05) is 0 Å². The molecule has 0 aromatic heterocycles. The molecule has 0 nitrogen and oxygen atoms in total. The molecule has 2 aromatic carbocycles. The second-order valence-corrected chi connectivity index (χ2v) is 20.1. The first-order chi connectivity index (χ1) is 14.7. The molecule has 2 rings (SSSR count). The number of hydrogen-bond acceptors (Lipinski definition) is 0. The molecule has 32 heavy (non-hydrogen) atoms. The molecule has 1 unspecified atom stereocenters. The van der Waals surface area contributed by atoms with Crippen LogP contribution in [0.2, 0.25) is 0 Å². The van der Waals surface area contributed by atoms with Gasteiger partial charge in [0.1, 0.15) is 9.70 Å². The van der Waals surface area contributed by atoms with Crippen molar-refractivity contribution in [2.45, 2.75) is 74.3 Å². The van der Waals surface area contributed by atoms with Crippen LogP contribution in [0.5, 0.6) is 0 Å². The molecule has 2 aromatic rings. The van der Waals surface area contributed by atoms with Crippen molar-refractivity contribution in [2.24, 2.45) is 0 Å². The number of halogens is 7. The van der Waals surface area contributed by atoms with Crippen molar-refractivity contribution in [3.8, 4) is 0 Å². The molecule has 0 radical (unpaired) electrons. The molecule has 178 valence electrons. The van der Waals surface area contributed by atoms with Gasteiger partial charge in [-0.1, -0.05) is 172 Å². The van der Waals surface area contributed by atoms with Gasteiger partial charge >= 0.3 is 0 Å². The minimum Gasteiger partial charge on any atom is -0.0865 e. The van der Waals surface area contributed by atoms with Crippen LogP contribution >= 0.6 is 112 Å². The number of rotatable bonds is 10. The molecule has 0 spiro atoms. The van der Waals surface area contributed by atoms with Crippen LogP contribution in [-0.2, 0) is 9.65 Å². The summed E-state index contributed by atoms with van der Waals surface area (Å²) in [5.41, 5.74) is 7.84. The Morgan fingerprint density at radius 1 is 0.719 bits per heavy atom. The monoisotopic (exact) mass is 882 g/mol. The van der Waals surface area contributed by atoms with Crippen molar-refractivity contribution in [3.05, 3.63) is 69.8 Å². The largest absolute Gasteiger partial charge is 0.136 e. The number of hydrogen-bond donors (Lipinski definition) is 0. The SMILES string of the molecule is Cc1ccc(CCCCCC(Br)C(Br)(Br)C(Br)(Br)C(Br)(Br)c2ccc(C)cc2C)c(C)c1. The second kappa shape index (κ2) is 12.4. The zero-order chi connectivity index (χ0) is 24.3. The maximum Gasteiger partial charge on any atom is 0.136 e.